The first-order valence-corrected chi connectivity index (χ1v) is 6.02. The quantitative estimate of drug-likeness (QED) is 0.831. The van der Waals surface area contributed by atoms with Crippen LogP contribution in [-0.2, 0) is 0 Å². The highest BCUT2D eigenvalue weighted by Crippen LogP contribution is 2.04. The number of nitrogens with zero attached hydrogens (tertiary/aromatic N) is 1. The summed E-state index contributed by atoms with van der Waals surface area (Å²) in [5.74, 6) is 0. The van der Waals surface area contributed by atoms with Crippen LogP contribution < -0.4 is 5.32 Å². The largest absolute Gasteiger partial charge is 0.314 e. The molecule has 1 fully saturated rings. The summed E-state index contributed by atoms with van der Waals surface area (Å²) in [4.78, 5) is 2.51. The molecular weight excluding hydrogens is 196 g/mol. The van der Waals surface area contributed by atoms with Crippen LogP contribution in [0.5, 0.6) is 0 Å². The van der Waals surface area contributed by atoms with Gasteiger partial charge in [-0.3, -0.25) is 4.90 Å². The molecule has 1 aliphatic rings. The van der Waals surface area contributed by atoms with Crippen molar-refractivity contribution in [2.75, 3.05) is 26.2 Å². The molecule has 1 atom stereocenters. The predicted octanol–water partition coefficient (Wildman–Crippen LogP) is 1.99. The van der Waals surface area contributed by atoms with Crippen molar-refractivity contribution in [1.82, 2.24) is 10.2 Å². The van der Waals surface area contributed by atoms with E-state index in [1.165, 1.54) is 5.56 Å². The van der Waals surface area contributed by atoms with Gasteiger partial charge >= 0.3 is 0 Å². The van der Waals surface area contributed by atoms with Gasteiger partial charge in [-0.25, -0.2) is 0 Å². The van der Waals surface area contributed by atoms with Gasteiger partial charge in [0.25, 0.3) is 0 Å². The summed E-state index contributed by atoms with van der Waals surface area (Å²) in [5, 5.41) is 3.41. The molecule has 2 nitrogen and oxygen atoms in total. The molecule has 0 saturated carbocycles. The number of rotatable bonds is 3. The van der Waals surface area contributed by atoms with Crippen molar-refractivity contribution in [2.45, 2.75) is 13.0 Å². The molecule has 0 aromatic heterocycles. The Morgan fingerprint density at radius 3 is 2.94 bits per heavy atom. The molecule has 0 amide bonds. The Labute approximate surface area is 98.0 Å². The van der Waals surface area contributed by atoms with Crippen LogP contribution in [0.25, 0.3) is 6.08 Å². The Kier molecular flexibility index (Phi) is 4.14. The second-order valence-corrected chi connectivity index (χ2v) is 4.36. The lowest BCUT2D eigenvalue weighted by atomic mass is 10.2. The molecule has 2 rings (SSSR count). The number of hydrogen-bond donors (Lipinski definition) is 1. The van der Waals surface area contributed by atoms with Gasteiger partial charge in [0, 0.05) is 32.2 Å². The third-order valence-electron chi connectivity index (χ3n) is 3.09. The second kappa shape index (κ2) is 5.83. The molecule has 1 aliphatic heterocycles. The van der Waals surface area contributed by atoms with Gasteiger partial charge in [0.2, 0.25) is 0 Å². The van der Waals surface area contributed by atoms with Crippen molar-refractivity contribution in [3.8, 4) is 0 Å². The van der Waals surface area contributed by atoms with E-state index in [1.807, 2.05) is 0 Å². The first-order valence-electron chi connectivity index (χ1n) is 6.02. The van der Waals surface area contributed by atoms with Crippen molar-refractivity contribution < 1.29 is 0 Å². The van der Waals surface area contributed by atoms with Gasteiger partial charge in [0.05, 0.1) is 0 Å². The van der Waals surface area contributed by atoms with Crippen LogP contribution >= 0.6 is 0 Å². The van der Waals surface area contributed by atoms with Crippen molar-refractivity contribution in [2.24, 2.45) is 0 Å². The lowest BCUT2D eigenvalue weighted by molar-refractivity contribution is 0.193. The average Bonchev–Trinajstić information content (AvgIpc) is 2.33. The topological polar surface area (TPSA) is 15.3 Å². The van der Waals surface area contributed by atoms with Crippen LogP contribution in [0.4, 0.5) is 0 Å². The summed E-state index contributed by atoms with van der Waals surface area (Å²) in [6.45, 7) is 6.71. The Hall–Kier alpha value is -1.12. The zero-order valence-electron chi connectivity index (χ0n) is 9.89. The summed E-state index contributed by atoms with van der Waals surface area (Å²) in [6.07, 6.45) is 4.46. The molecule has 0 spiro atoms. The highest BCUT2D eigenvalue weighted by molar-refractivity contribution is 5.48. The summed E-state index contributed by atoms with van der Waals surface area (Å²) >= 11 is 0. The fourth-order valence-corrected chi connectivity index (χ4v) is 2.04. The normalized spacial score (nSPS) is 22.7. The standard InChI is InChI=1S/C14H20N2/c1-13-12-15-9-11-16(13)10-5-8-14-6-3-2-4-7-14/h2-8,13,15H,9-12H2,1H3. The average molecular weight is 216 g/mol. The van der Waals surface area contributed by atoms with Crippen molar-refractivity contribution in [1.29, 1.82) is 0 Å². The molecule has 86 valence electrons. The lowest BCUT2D eigenvalue weighted by Gasteiger charge is -2.32. The Bertz CT molecular complexity index is 332. The van der Waals surface area contributed by atoms with Crippen LogP contribution in [0.15, 0.2) is 36.4 Å². The molecule has 1 aromatic rings. The van der Waals surface area contributed by atoms with E-state index in [0.29, 0.717) is 6.04 Å². The van der Waals surface area contributed by atoms with Crippen LogP contribution in [0.1, 0.15) is 12.5 Å². The van der Waals surface area contributed by atoms with Crippen LogP contribution in [0.2, 0.25) is 0 Å². The van der Waals surface area contributed by atoms with E-state index in [1.54, 1.807) is 0 Å². The Balaban J connectivity index is 1.84. The summed E-state index contributed by atoms with van der Waals surface area (Å²) in [7, 11) is 0. The third-order valence-corrected chi connectivity index (χ3v) is 3.09. The molecule has 1 N–H and O–H groups in total. The van der Waals surface area contributed by atoms with E-state index < -0.39 is 0 Å². The van der Waals surface area contributed by atoms with Gasteiger partial charge in [-0.1, -0.05) is 42.5 Å². The zero-order chi connectivity index (χ0) is 11.2. The molecule has 0 aliphatic carbocycles. The summed E-state index contributed by atoms with van der Waals surface area (Å²) in [6, 6.07) is 11.1. The van der Waals surface area contributed by atoms with E-state index in [2.05, 4.69) is 59.6 Å². The van der Waals surface area contributed by atoms with Gasteiger partial charge in [0.1, 0.15) is 0 Å². The van der Waals surface area contributed by atoms with E-state index in [-0.39, 0.29) is 0 Å². The van der Waals surface area contributed by atoms with Crippen molar-refractivity contribution >= 4 is 6.08 Å². The first-order chi connectivity index (χ1) is 7.86. The number of benzene rings is 1. The van der Waals surface area contributed by atoms with E-state index >= 15 is 0 Å². The predicted molar refractivity (Wildman–Crippen MR) is 69.4 cm³/mol. The summed E-state index contributed by atoms with van der Waals surface area (Å²) < 4.78 is 0. The van der Waals surface area contributed by atoms with Gasteiger partial charge in [-0.2, -0.15) is 0 Å². The van der Waals surface area contributed by atoms with E-state index in [4.69, 9.17) is 0 Å². The SMILES string of the molecule is CC1CNCCN1CC=Cc1ccccc1. The van der Waals surface area contributed by atoms with Crippen LogP contribution in [0, 0.1) is 0 Å². The van der Waals surface area contributed by atoms with Crippen molar-refractivity contribution in [3.63, 3.8) is 0 Å². The minimum absolute atomic E-state index is 0.647. The maximum absolute atomic E-state index is 3.41. The minimum atomic E-state index is 0.647. The van der Waals surface area contributed by atoms with Gasteiger partial charge < -0.3 is 5.32 Å². The molecule has 1 heterocycles. The second-order valence-electron chi connectivity index (χ2n) is 4.36. The molecule has 1 saturated heterocycles. The van der Waals surface area contributed by atoms with E-state index in [9.17, 15) is 0 Å². The number of hydrogen-bond acceptors (Lipinski definition) is 2. The molecule has 1 aromatic carbocycles. The summed E-state index contributed by atoms with van der Waals surface area (Å²) in [5.41, 5.74) is 1.28. The molecule has 2 heteroatoms. The Morgan fingerprint density at radius 2 is 2.19 bits per heavy atom. The third kappa shape index (κ3) is 3.19. The Morgan fingerprint density at radius 1 is 1.38 bits per heavy atom. The maximum Gasteiger partial charge on any atom is 0.0196 e. The smallest absolute Gasteiger partial charge is 0.0196 e. The fourth-order valence-electron chi connectivity index (χ4n) is 2.04. The van der Waals surface area contributed by atoms with Crippen molar-refractivity contribution in [3.05, 3.63) is 42.0 Å². The molecule has 1 unspecified atom stereocenters. The van der Waals surface area contributed by atoms with Gasteiger partial charge in [-0.05, 0) is 12.5 Å². The first kappa shape index (κ1) is 11.4. The highest BCUT2D eigenvalue weighted by atomic mass is 15.2. The van der Waals surface area contributed by atoms with Crippen LogP contribution in [-0.4, -0.2) is 37.1 Å². The lowest BCUT2D eigenvalue weighted by Crippen LogP contribution is -2.49. The molecule has 0 radical (unpaired) electrons. The van der Waals surface area contributed by atoms with Gasteiger partial charge in [0.15, 0.2) is 0 Å². The highest BCUT2D eigenvalue weighted by Gasteiger charge is 2.15. The zero-order valence-corrected chi connectivity index (χ0v) is 9.89. The number of piperazine rings is 1. The van der Waals surface area contributed by atoms with Gasteiger partial charge in [-0.15, -0.1) is 0 Å². The molecule has 16 heavy (non-hydrogen) atoms. The van der Waals surface area contributed by atoms with Crippen LogP contribution in [0.3, 0.4) is 0 Å². The monoisotopic (exact) mass is 216 g/mol. The maximum atomic E-state index is 3.41. The van der Waals surface area contributed by atoms with E-state index in [0.717, 1.165) is 26.2 Å². The number of nitrogens with one attached hydrogen (secondary N) is 1. The molecule has 0 bridgehead atoms. The fraction of sp³-hybridized carbons (Fsp3) is 0.429. The molecular formula is C14H20N2. The minimum Gasteiger partial charge on any atom is -0.314 e.